The monoisotopic (exact) mass is 374 g/mol. The molecule has 140 valence electrons. The molecule has 0 saturated carbocycles. The van der Waals surface area contributed by atoms with Gasteiger partial charge in [-0.2, -0.15) is 5.10 Å². The number of carbonyl (C=O) groups excluding carboxylic acids is 1. The van der Waals surface area contributed by atoms with Crippen molar-refractivity contribution < 1.29 is 14.3 Å². The fourth-order valence-electron chi connectivity index (χ4n) is 2.85. The van der Waals surface area contributed by atoms with Gasteiger partial charge in [-0.15, -0.1) is 0 Å². The van der Waals surface area contributed by atoms with E-state index in [0.29, 0.717) is 34.0 Å². The fraction of sp³-hybridized carbons (Fsp3) is 0.143. The number of Topliss-reactive ketones (excluding diaryl/α,β-unsaturated/α-hetero) is 1. The highest BCUT2D eigenvalue weighted by molar-refractivity contribution is 5.94. The number of benzene rings is 2. The molecular weight excluding hydrogens is 356 g/mol. The molecule has 2 aromatic carbocycles. The Kier molecular flexibility index (Phi) is 4.49. The van der Waals surface area contributed by atoms with Crippen LogP contribution in [0.1, 0.15) is 22.8 Å². The third-order valence-electron chi connectivity index (χ3n) is 4.38. The minimum absolute atomic E-state index is 0.0475. The van der Waals surface area contributed by atoms with Crippen LogP contribution in [-0.2, 0) is 0 Å². The maximum atomic E-state index is 11.6. The molecule has 4 aromatic rings. The van der Waals surface area contributed by atoms with Crippen molar-refractivity contribution in [1.29, 1.82) is 0 Å². The zero-order valence-electron chi connectivity index (χ0n) is 15.7. The molecule has 0 fully saturated rings. The van der Waals surface area contributed by atoms with E-state index in [0.717, 1.165) is 5.69 Å². The van der Waals surface area contributed by atoms with Gasteiger partial charge in [0.15, 0.2) is 22.9 Å². The molecule has 0 amide bonds. The van der Waals surface area contributed by atoms with Crippen molar-refractivity contribution in [3.63, 3.8) is 0 Å². The third-order valence-corrected chi connectivity index (χ3v) is 4.38. The predicted octanol–water partition coefficient (Wildman–Crippen LogP) is 4.13. The molecule has 7 nitrogen and oxygen atoms in total. The molecule has 2 heterocycles. The highest BCUT2D eigenvalue weighted by Crippen LogP contribution is 2.34. The highest BCUT2D eigenvalue weighted by atomic mass is 16.5. The van der Waals surface area contributed by atoms with Crippen LogP contribution in [0.2, 0.25) is 0 Å². The van der Waals surface area contributed by atoms with Crippen molar-refractivity contribution in [2.24, 2.45) is 0 Å². The number of hydrogen-bond acceptors (Lipinski definition) is 6. The van der Waals surface area contributed by atoms with Crippen LogP contribution in [-0.4, -0.2) is 32.6 Å². The lowest BCUT2D eigenvalue weighted by Gasteiger charge is -2.11. The van der Waals surface area contributed by atoms with Gasteiger partial charge in [-0.05, 0) is 44.2 Å². The van der Waals surface area contributed by atoms with E-state index in [-0.39, 0.29) is 5.78 Å². The molecule has 0 N–H and O–H groups in total. The van der Waals surface area contributed by atoms with E-state index in [4.69, 9.17) is 9.47 Å². The van der Waals surface area contributed by atoms with E-state index in [2.05, 4.69) is 15.1 Å². The minimum atomic E-state index is -0.0475. The normalized spacial score (nSPS) is 10.8. The van der Waals surface area contributed by atoms with Crippen molar-refractivity contribution in [2.45, 2.75) is 13.8 Å². The Labute approximate surface area is 161 Å². The number of ketones is 1. The summed E-state index contributed by atoms with van der Waals surface area (Å²) in [5, 5.41) is 5.10. The first-order valence-electron chi connectivity index (χ1n) is 8.69. The highest BCUT2D eigenvalue weighted by Gasteiger charge is 2.15. The Bertz CT molecular complexity index is 1170. The number of aromatic nitrogens is 4. The zero-order chi connectivity index (χ0) is 19.7. The van der Waals surface area contributed by atoms with Crippen LogP contribution in [0.15, 0.2) is 55.0 Å². The summed E-state index contributed by atoms with van der Waals surface area (Å²) in [5.41, 5.74) is 3.24. The van der Waals surface area contributed by atoms with Crippen LogP contribution in [0.25, 0.3) is 16.7 Å². The van der Waals surface area contributed by atoms with Crippen LogP contribution in [0.5, 0.6) is 17.4 Å². The van der Waals surface area contributed by atoms with Crippen molar-refractivity contribution in [3.8, 4) is 23.1 Å². The molecule has 28 heavy (non-hydrogen) atoms. The van der Waals surface area contributed by atoms with Crippen molar-refractivity contribution >= 4 is 16.8 Å². The lowest BCUT2D eigenvalue weighted by atomic mass is 10.1. The smallest absolute Gasteiger partial charge is 0.233 e. The average Bonchev–Trinajstić information content (AvgIpc) is 3.14. The van der Waals surface area contributed by atoms with Crippen molar-refractivity contribution in [3.05, 3.63) is 66.1 Å². The molecule has 0 aliphatic heterocycles. The maximum absolute atomic E-state index is 11.6. The molecule has 0 atom stereocenters. The van der Waals surface area contributed by atoms with Gasteiger partial charge in [0.2, 0.25) is 5.88 Å². The summed E-state index contributed by atoms with van der Waals surface area (Å²) in [6.45, 7) is 3.53. The largest absolute Gasteiger partial charge is 0.493 e. The van der Waals surface area contributed by atoms with Crippen LogP contribution in [0, 0.1) is 6.92 Å². The number of ether oxygens (including phenoxy) is 2. The summed E-state index contributed by atoms with van der Waals surface area (Å²) in [4.78, 5) is 20.2. The first kappa shape index (κ1) is 17.7. The van der Waals surface area contributed by atoms with Gasteiger partial charge in [-0.25, -0.2) is 14.6 Å². The van der Waals surface area contributed by atoms with Gasteiger partial charge in [0.05, 0.1) is 19.0 Å². The summed E-state index contributed by atoms with van der Waals surface area (Å²) < 4.78 is 13.1. The van der Waals surface area contributed by atoms with Crippen molar-refractivity contribution in [2.75, 3.05) is 7.11 Å². The molecule has 0 unspecified atom stereocenters. The Morgan fingerprint density at radius 1 is 1.04 bits per heavy atom. The molecule has 2 aromatic heterocycles. The topological polar surface area (TPSA) is 79.1 Å². The van der Waals surface area contributed by atoms with E-state index in [9.17, 15) is 4.79 Å². The summed E-state index contributed by atoms with van der Waals surface area (Å²) in [6, 6.07) is 13.0. The zero-order valence-corrected chi connectivity index (χ0v) is 15.7. The van der Waals surface area contributed by atoms with Crippen LogP contribution >= 0.6 is 0 Å². The SMILES string of the molecule is COc1cc(C(C)=O)ccc1Oc1ncnc2c1cnn2-c1ccc(C)cc1. The number of aryl methyl sites for hydroxylation is 1. The number of rotatable bonds is 5. The average molecular weight is 374 g/mol. The maximum Gasteiger partial charge on any atom is 0.233 e. The van der Waals surface area contributed by atoms with Gasteiger partial charge in [0.25, 0.3) is 0 Å². The second kappa shape index (κ2) is 7.11. The molecule has 0 saturated heterocycles. The lowest BCUT2D eigenvalue weighted by molar-refractivity contribution is 0.101. The van der Waals surface area contributed by atoms with E-state index >= 15 is 0 Å². The van der Waals surface area contributed by atoms with E-state index in [1.165, 1.54) is 25.9 Å². The standard InChI is InChI=1S/C21H18N4O3/c1-13-4-7-16(8-5-13)25-20-17(11-24-25)21(23-12-22-20)28-18-9-6-15(14(2)26)10-19(18)27-3/h4-12H,1-3H3. The summed E-state index contributed by atoms with van der Waals surface area (Å²) >= 11 is 0. The lowest BCUT2D eigenvalue weighted by Crippen LogP contribution is -1.99. The molecule has 4 rings (SSSR count). The molecule has 0 radical (unpaired) electrons. The van der Waals surface area contributed by atoms with Crippen molar-refractivity contribution in [1.82, 2.24) is 19.7 Å². The first-order valence-corrected chi connectivity index (χ1v) is 8.69. The molecular formula is C21H18N4O3. The predicted molar refractivity (Wildman–Crippen MR) is 104 cm³/mol. The van der Waals surface area contributed by atoms with Gasteiger partial charge in [-0.3, -0.25) is 4.79 Å². The summed E-state index contributed by atoms with van der Waals surface area (Å²) in [6.07, 6.45) is 3.10. The van der Waals surface area contributed by atoms with Gasteiger partial charge in [0, 0.05) is 5.56 Å². The molecule has 7 heteroatoms. The molecule has 0 aliphatic rings. The minimum Gasteiger partial charge on any atom is -0.493 e. The van der Waals surface area contributed by atoms with Crippen LogP contribution in [0.4, 0.5) is 0 Å². The van der Waals surface area contributed by atoms with E-state index in [1.807, 2.05) is 31.2 Å². The van der Waals surface area contributed by atoms with Gasteiger partial charge in [-0.1, -0.05) is 17.7 Å². The Hall–Kier alpha value is -3.74. The van der Waals surface area contributed by atoms with Gasteiger partial charge in [0.1, 0.15) is 11.7 Å². The van der Waals surface area contributed by atoms with Crippen LogP contribution in [0.3, 0.4) is 0 Å². The van der Waals surface area contributed by atoms with Crippen LogP contribution < -0.4 is 9.47 Å². The Balaban J connectivity index is 1.75. The molecule has 0 spiro atoms. The second-order valence-corrected chi connectivity index (χ2v) is 6.33. The Morgan fingerprint density at radius 2 is 1.82 bits per heavy atom. The van der Waals surface area contributed by atoms with E-state index in [1.54, 1.807) is 29.1 Å². The van der Waals surface area contributed by atoms with Gasteiger partial charge < -0.3 is 9.47 Å². The summed E-state index contributed by atoms with van der Waals surface area (Å²) in [7, 11) is 1.52. The Morgan fingerprint density at radius 3 is 2.54 bits per heavy atom. The van der Waals surface area contributed by atoms with E-state index < -0.39 is 0 Å². The number of fused-ring (bicyclic) bond motifs is 1. The fourth-order valence-corrected chi connectivity index (χ4v) is 2.85. The number of carbonyl (C=O) groups is 1. The molecule has 0 bridgehead atoms. The number of nitrogens with zero attached hydrogens (tertiary/aromatic N) is 4. The summed E-state index contributed by atoms with van der Waals surface area (Å²) in [5.74, 6) is 1.21. The number of methoxy groups -OCH3 is 1. The number of hydrogen-bond donors (Lipinski definition) is 0. The first-order chi connectivity index (χ1) is 13.6. The quantitative estimate of drug-likeness (QED) is 0.489. The van der Waals surface area contributed by atoms with Gasteiger partial charge >= 0.3 is 0 Å². The second-order valence-electron chi connectivity index (χ2n) is 6.33. The third kappa shape index (κ3) is 3.18. The molecule has 0 aliphatic carbocycles.